The highest BCUT2D eigenvalue weighted by Gasteiger charge is 2.10. The summed E-state index contributed by atoms with van der Waals surface area (Å²) in [5, 5.41) is 5.51. The highest BCUT2D eigenvalue weighted by Crippen LogP contribution is 2.21. The van der Waals surface area contributed by atoms with Gasteiger partial charge in [0.05, 0.1) is 4.88 Å². The van der Waals surface area contributed by atoms with Crippen LogP contribution in [-0.2, 0) is 6.61 Å². The molecule has 0 unspecified atom stereocenters. The van der Waals surface area contributed by atoms with E-state index < -0.39 is 0 Å². The van der Waals surface area contributed by atoms with Crippen LogP contribution in [-0.4, -0.2) is 5.91 Å². The number of rotatable bonds is 5. The van der Waals surface area contributed by atoms with Crippen LogP contribution in [0.5, 0.6) is 5.75 Å². The molecule has 5 heteroatoms. The maximum atomic E-state index is 12.3. The fourth-order valence-corrected chi connectivity index (χ4v) is 3.10. The number of benzene rings is 2. The summed E-state index contributed by atoms with van der Waals surface area (Å²) in [7, 11) is 0. The monoisotopic (exact) mass is 357 g/mol. The Hall–Kier alpha value is -2.30. The number of aryl methyl sites for hydroxylation is 1. The number of thiophene rings is 1. The minimum atomic E-state index is -0.108. The predicted molar refractivity (Wildman–Crippen MR) is 99.2 cm³/mol. The van der Waals surface area contributed by atoms with Crippen LogP contribution in [0, 0.1) is 6.92 Å². The van der Waals surface area contributed by atoms with Gasteiger partial charge in [0.15, 0.2) is 0 Å². The van der Waals surface area contributed by atoms with Crippen LogP contribution in [0.15, 0.2) is 60.0 Å². The Labute approximate surface area is 149 Å². The molecule has 0 fully saturated rings. The normalized spacial score (nSPS) is 10.4. The van der Waals surface area contributed by atoms with E-state index in [1.165, 1.54) is 11.3 Å². The predicted octanol–water partition coefficient (Wildman–Crippen LogP) is 5.54. The average molecular weight is 358 g/mol. The minimum Gasteiger partial charge on any atom is -0.489 e. The van der Waals surface area contributed by atoms with Gasteiger partial charge in [-0.3, -0.25) is 4.79 Å². The highest BCUT2D eigenvalue weighted by molar-refractivity contribution is 7.12. The van der Waals surface area contributed by atoms with E-state index in [2.05, 4.69) is 5.32 Å². The fraction of sp³-hybridized carbons (Fsp3) is 0.105. The molecule has 0 aliphatic rings. The molecule has 0 radical (unpaired) electrons. The van der Waals surface area contributed by atoms with Crippen molar-refractivity contribution in [2.24, 2.45) is 0 Å². The molecule has 3 nitrogen and oxygen atoms in total. The molecule has 1 aromatic heterocycles. The van der Waals surface area contributed by atoms with E-state index in [1.54, 1.807) is 12.1 Å². The fourth-order valence-electron chi connectivity index (χ4n) is 2.18. The second-order valence-electron chi connectivity index (χ2n) is 5.39. The van der Waals surface area contributed by atoms with Crippen molar-refractivity contribution in [3.05, 3.63) is 81.0 Å². The maximum Gasteiger partial charge on any atom is 0.265 e. The first-order chi connectivity index (χ1) is 11.6. The summed E-state index contributed by atoms with van der Waals surface area (Å²) < 4.78 is 5.69. The van der Waals surface area contributed by atoms with Crippen molar-refractivity contribution < 1.29 is 9.53 Å². The Bertz CT molecular complexity index is 843. The number of ether oxygens (including phenoxy) is 1. The third kappa shape index (κ3) is 4.37. The van der Waals surface area contributed by atoms with E-state index in [4.69, 9.17) is 16.3 Å². The van der Waals surface area contributed by atoms with Gasteiger partial charge in [-0.15, -0.1) is 11.3 Å². The molecule has 0 spiro atoms. The molecule has 0 bridgehead atoms. The van der Waals surface area contributed by atoms with Gasteiger partial charge in [0.25, 0.3) is 5.91 Å². The Morgan fingerprint density at radius 3 is 2.71 bits per heavy atom. The SMILES string of the molecule is Cc1cccc(NC(=O)c2cc(COc3ccc(Cl)cc3)cs2)c1. The number of hydrogen-bond acceptors (Lipinski definition) is 3. The zero-order valence-electron chi connectivity index (χ0n) is 13.1. The lowest BCUT2D eigenvalue weighted by Gasteiger charge is -2.05. The first-order valence-electron chi connectivity index (χ1n) is 7.44. The highest BCUT2D eigenvalue weighted by atomic mass is 35.5. The van der Waals surface area contributed by atoms with Crippen molar-refractivity contribution >= 4 is 34.5 Å². The van der Waals surface area contributed by atoms with Crippen LogP contribution in [0.1, 0.15) is 20.8 Å². The first kappa shape index (κ1) is 16.6. The van der Waals surface area contributed by atoms with Gasteiger partial charge in [0, 0.05) is 16.3 Å². The number of amides is 1. The quantitative estimate of drug-likeness (QED) is 0.650. The van der Waals surface area contributed by atoms with Crippen molar-refractivity contribution in [2.45, 2.75) is 13.5 Å². The minimum absolute atomic E-state index is 0.108. The number of anilines is 1. The second kappa shape index (κ2) is 7.51. The van der Waals surface area contributed by atoms with E-state index >= 15 is 0 Å². The van der Waals surface area contributed by atoms with Crippen LogP contribution in [0.4, 0.5) is 5.69 Å². The van der Waals surface area contributed by atoms with Gasteiger partial charge in [0.2, 0.25) is 0 Å². The molecule has 3 aromatic rings. The summed E-state index contributed by atoms with van der Waals surface area (Å²) in [6.45, 7) is 2.41. The smallest absolute Gasteiger partial charge is 0.265 e. The Morgan fingerprint density at radius 2 is 1.96 bits per heavy atom. The second-order valence-corrected chi connectivity index (χ2v) is 6.73. The molecule has 0 aliphatic heterocycles. The molecule has 0 saturated heterocycles. The maximum absolute atomic E-state index is 12.3. The third-order valence-electron chi connectivity index (χ3n) is 3.37. The largest absolute Gasteiger partial charge is 0.489 e. The van der Waals surface area contributed by atoms with Crippen LogP contribution >= 0.6 is 22.9 Å². The van der Waals surface area contributed by atoms with Crippen LogP contribution < -0.4 is 10.1 Å². The Kier molecular flexibility index (Phi) is 5.18. The molecule has 2 aromatic carbocycles. The van der Waals surface area contributed by atoms with Gasteiger partial charge in [-0.1, -0.05) is 23.7 Å². The van der Waals surface area contributed by atoms with Crippen molar-refractivity contribution in [2.75, 3.05) is 5.32 Å². The van der Waals surface area contributed by atoms with Crippen molar-refractivity contribution in [1.82, 2.24) is 0 Å². The molecule has 24 heavy (non-hydrogen) atoms. The van der Waals surface area contributed by atoms with Gasteiger partial charge >= 0.3 is 0 Å². The molecule has 1 amide bonds. The third-order valence-corrected chi connectivity index (χ3v) is 4.60. The molecule has 1 heterocycles. The Balaban J connectivity index is 1.60. The van der Waals surface area contributed by atoms with E-state index in [9.17, 15) is 4.79 Å². The lowest BCUT2D eigenvalue weighted by molar-refractivity contribution is 0.103. The molecule has 1 N–H and O–H groups in total. The van der Waals surface area contributed by atoms with E-state index in [-0.39, 0.29) is 5.91 Å². The molecule has 122 valence electrons. The van der Waals surface area contributed by atoms with Crippen LogP contribution in [0.3, 0.4) is 0 Å². The zero-order chi connectivity index (χ0) is 16.9. The lowest BCUT2D eigenvalue weighted by Crippen LogP contribution is -2.10. The van der Waals surface area contributed by atoms with E-state index in [0.717, 1.165) is 22.6 Å². The molecular formula is C19H16ClNO2S. The number of hydrogen-bond donors (Lipinski definition) is 1. The lowest BCUT2D eigenvalue weighted by atomic mass is 10.2. The standard InChI is InChI=1S/C19H16ClNO2S/c1-13-3-2-4-16(9-13)21-19(22)18-10-14(12-24-18)11-23-17-7-5-15(20)6-8-17/h2-10,12H,11H2,1H3,(H,21,22). The Morgan fingerprint density at radius 1 is 1.17 bits per heavy atom. The molecule has 0 atom stereocenters. The summed E-state index contributed by atoms with van der Waals surface area (Å²) in [5.41, 5.74) is 2.87. The van der Waals surface area contributed by atoms with Crippen LogP contribution in [0.2, 0.25) is 5.02 Å². The summed E-state index contributed by atoms with van der Waals surface area (Å²) in [5.74, 6) is 0.639. The summed E-state index contributed by atoms with van der Waals surface area (Å²) in [6, 6.07) is 16.8. The topological polar surface area (TPSA) is 38.3 Å². The van der Waals surface area contributed by atoms with Gasteiger partial charge < -0.3 is 10.1 Å². The van der Waals surface area contributed by atoms with Gasteiger partial charge in [-0.25, -0.2) is 0 Å². The molecule has 3 rings (SSSR count). The average Bonchev–Trinajstić information content (AvgIpc) is 3.03. The molecule has 0 saturated carbocycles. The zero-order valence-corrected chi connectivity index (χ0v) is 14.7. The summed E-state index contributed by atoms with van der Waals surface area (Å²) >= 11 is 7.25. The summed E-state index contributed by atoms with van der Waals surface area (Å²) in [6.07, 6.45) is 0. The number of carbonyl (C=O) groups excluding carboxylic acids is 1. The van der Waals surface area contributed by atoms with Crippen molar-refractivity contribution in [3.8, 4) is 5.75 Å². The van der Waals surface area contributed by atoms with Gasteiger partial charge in [-0.2, -0.15) is 0 Å². The van der Waals surface area contributed by atoms with Crippen molar-refractivity contribution in [3.63, 3.8) is 0 Å². The van der Waals surface area contributed by atoms with Gasteiger partial charge in [-0.05, 0) is 60.3 Å². The molecular weight excluding hydrogens is 342 g/mol. The number of halogens is 1. The molecule has 0 aliphatic carbocycles. The van der Waals surface area contributed by atoms with Crippen LogP contribution in [0.25, 0.3) is 0 Å². The number of carbonyl (C=O) groups is 1. The van der Waals surface area contributed by atoms with E-state index in [0.29, 0.717) is 16.5 Å². The van der Waals surface area contributed by atoms with Crippen molar-refractivity contribution in [1.29, 1.82) is 0 Å². The summed E-state index contributed by atoms with van der Waals surface area (Å²) in [4.78, 5) is 13.0. The first-order valence-corrected chi connectivity index (χ1v) is 8.70. The van der Waals surface area contributed by atoms with E-state index in [1.807, 2.05) is 54.8 Å². The van der Waals surface area contributed by atoms with Gasteiger partial charge in [0.1, 0.15) is 12.4 Å². The number of nitrogens with one attached hydrogen (secondary N) is 1.